The van der Waals surface area contributed by atoms with Crippen molar-refractivity contribution in [3.63, 3.8) is 0 Å². The van der Waals surface area contributed by atoms with E-state index in [0.717, 1.165) is 30.5 Å². The third-order valence-electron chi connectivity index (χ3n) is 4.79. The van der Waals surface area contributed by atoms with Crippen molar-refractivity contribution in [2.45, 2.75) is 44.6 Å². The topological polar surface area (TPSA) is 71.1 Å². The average molecular weight is 337 g/mol. The van der Waals surface area contributed by atoms with Gasteiger partial charge in [-0.1, -0.05) is 43.5 Å². The molecule has 0 aliphatic heterocycles. The van der Waals surface area contributed by atoms with E-state index in [2.05, 4.69) is 15.6 Å². The maximum atomic E-state index is 13.1. The van der Waals surface area contributed by atoms with Gasteiger partial charge in [-0.25, -0.2) is 0 Å². The number of hydrogen-bond acceptors (Lipinski definition) is 3. The van der Waals surface area contributed by atoms with Crippen molar-refractivity contribution in [1.29, 1.82) is 0 Å². The standard InChI is InChI=1S/C20H23N3O2/c1-15-9-3-4-10-16(15)22-19(25)20(12-6-2-7-13-20)23-18(24)17-11-5-8-14-21-17/h3-5,8-11,14H,2,6-7,12-13H2,1H3,(H,22,25)(H,23,24). The SMILES string of the molecule is Cc1ccccc1NC(=O)C1(NC(=O)c2ccccn2)CCCCC1. The van der Waals surface area contributed by atoms with Crippen LogP contribution in [0.3, 0.4) is 0 Å². The van der Waals surface area contributed by atoms with Gasteiger partial charge in [0.25, 0.3) is 5.91 Å². The number of benzene rings is 1. The highest BCUT2D eigenvalue weighted by Gasteiger charge is 2.41. The number of aryl methyl sites for hydroxylation is 1. The molecule has 0 spiro atoms. The summed E-state index contributed by atoms with van der Waals surface area (Å²) in [7, 11) is 0. The molecule has 2 N–H and O–H groups in total. The van der Waals surface area contributed by atoms with Crippen molar-refractivity contribution in [3.8, 4) is 0 Å². The lowest BCUT2D eigenvalue weighted by Crippen LogP contribution is -2.58. The van der Waals surface area contributed by atoms with Crippen LogP contribution in [0.2, 0.25) is 0 Å². The fraction of sp³-hybridized carbons (Fsp3) is 0.350. The van der Waals surface area contributed by atoms with Crippen molar-refractivity contribution in [3.05, 3.63) is 59.9 Å². The van der Waals surface area contributed by atoms with E-state index in [0.29, 0.717) is 18.5 Å². The first kappa shape index (κ1) is 17.1. The largest absolute Gasteiger partial charge is 0.336 e. The van der Waals surface area contributed by atoms with E-state index in [1.165, 1.54) is 0 Å². The van der Waals surface area contributed by atoms with Gasteiger partial charge in [0.1, 0.15) is 11.2 Å². The van der Waals surface area contributed by atoms with E-state index < -0.39 is 5.54 Å². The first-order valence-corrected chi connectivity index (χ1v) is 8.71. The van der Waals surface area contributed by atoms with E-state index in [1.54, 1.807) is 24.4 Å². The van der Waals surface area contributed by atoms with Gasteiger partial charge < -0.3 is 10.6 Å². The summed E-state index contributed by atoms with van der Waals surface area (Å²) < 4.78 is 0. The Morgan fingerprint density at radius 1 is 1.00 bits per heavy atom. The van der Waals surface area contributed by atoms with Gasteiger partial charge in [-0.2, -0.15) is 0 Å². The molecular weight excluding hydrogens is 314 g/mol. The summed E-state index contributed by atoms with van der Waals surface area (Å²) in [4.78, 5) is 29.7. The van der Waals surface area contributed by atoms with Gasteiger partial charge in [0.2, 0.25) is 5.91 Å². The second-order valence-electron chi connectivity index (χ2n) is 6.58. The lowest BCUT2D eigenvalue weighted by atomic mass is 9.80. The highest BCUT2D eigenvalue weighted by Crippen LogP contribution is 2.30. The van der Waals surface area contributed by atoms with Crippen LogP contribution < -0.4 is 10.6 Å². The van der Waals surface area contributed by atoms with Gasteiger partial charge in [-0.3, -0.25) is 14.6 Å². The second-order valence-corrected chi connectivity index (χ2v) is 6.58. The lowest BCUT2D eigenvalue weighted by Gasteiger charge is -2.36. The summed E-state index contributed by atoms with van der Waals surface area (Å²) in [5.74, 6) is -0.451. The van der Waals surface area contributed by atoms with Crippen LogP contribution in [-0.4, -0.2) is 22.3 Å². The molecule has 0 bridgehead atoms. The number of carbonyl (C=O) groups is 2. The molecule has 2 amide bonds. The van der Waals surface area contributed by atoms with Gasteiger partial charge in [0.15, 0.2) is 0 Å². The lowest BCUT2D eigenvalue weighted by molar-refractivity contribution is -0.123. The molecule has 0 atom stereocenters. The van der Waals surface area contributed by atoms with E-state index in [1.807, 2.05) is 31.2 Å². The predicted octanol–water partition coefficient (Wildman–Crippen LogP) is 3.46. The zero-order valence-corrected chi connectivity index (χ0v) is 14.4. The minimum atomic E-state index is -0.880. The fourth-order valence-corrected chi connectivity index (χ4v) is 3.30. The molecule has 0 radical (unpaired) electrons. The number of pyridine rings is 1. The third-order valence-corrected chi connectivity index (χ3v) is 4.79. The summed E-state index contributed by atoms with van der Waals surface area (Å²) in [5, 5.41) is 5.98. The molecule has 1 heterocycles. The van der Waals surface area contributed by atoms with Crippen molar-refractivity contribution < 1.29 is 9.59 Å². The Labute approximate surface area is 147 Å². The van der Waals surface area contributed by atoms with Gasteiger partial charge in [0.05, 0.1) is 0 Å². The number of hydrogen-bond donors (Lipinski definition) is 2. The van der Waals surface area contributed by atoms with Crippen LogP contribution in [0.15, 0.2) is 48.7 Å². The molecule has 1 aliphatic rings. The van der Waals surface area contributed by atoms with Gasteiger partial charge in [-0.05, 0) is 43.5 Å². The Bertz CT molecular complexity index is 753. The quantitative estimate of drug-likeness (QED) is 0.897. The molecule has 1 aliphatic carbocycles. The summed E-state index contributed by atoms with van der Waals surface area (Å²) >= 11 is 0. The van der Waals surface area contributed by atoms with Crippen LogP contribution in [0.25, 0.3) is 0 Å². The number of carbonyl (C=O) groups excluding carboxylic acids is 2. The zero-order chi connectivity index (χ0) is 17.7. The molecule has 3 rings (SSSR count). The van der Waals surface area contributed by atoms with Gasteiger partial charge in [0, 0.05) is 11.9 Å². The van der Waals surface area contributed by atoms with Crippen LogP contribution >= 0.6 is 0 Å². The van der Waals surface area contributed by atoms with Gasteiger partial charge in [-0.15, -0.1) is 0 Å². The molecule has 1 aromatic heterocycles. The number of para-hydroxylation sites is 1. The first-order valence-electron chi connectivity index (χ1n) is 8.71. The molecule has 25 heavy (non-hydrogen) atoms. The summed E-state index contributed by atoms with van der Waals surface area (Å²) in [6.45, 7) is 1.95. The summed E-state index contributed by atoms with van der Waals surface area (Å²) in [6.07, 6.45) is 5.79. The van der Waals surface area contributed by atoms with E-state index in [9.17, 15) is 9.59 Å². The minimum absolute atomic E-state index is 0.147. The second kappa shape index (κ2) is 7.47. The van der Waals surface area contributed by atoms with Crippen LogP contribution in [-0.2, 0) is 4.79 Å². The fourth-order valence-electron chi connectivity index (χ4n) is 3.30. The predicted molar refractivity (Wildman–Crippen MR) is 97.3 cm³/mol. The van der Waals surface area contributed by atoms with Crippen molar-refractivity contribution in [2.24, 2.45) is 0 Å². The summed E-state index contributed by atoms with van der Waals surface area (Å²) in [6, 6.07) is 12.8. The van der Waals surface area contributed by atoms with Crippen LogP contribution in [0, 0.1) is 6.92 Å². The molecule has 1 aromatic carbocycles. The van der Waals surface area contributed by atoms with Crippen molar-refractivity contribution in [1.82, 2.24) is 10.3 Å². The van der Waals surface area contributed by atoms with Crippen molar-refractivity contribution >= 4 is 17.5 Å². The number of nitrogens with zero attached hydrogens (tertiary/aromatic N) is 1. The van der Waals surface area contributed by atoms with Crippen molar-refractivity contribution in [2.75, 3.05) is 5.32 Å². The number of nitrogens with one attached hydrogen (secondary N) is 2. The smallest absolute Gasteiger partial charge is 0.270 e. The molecule has 5 heteroatoms. The Morgan fingerprint density at radius 3 is 2.40 bits per heavy atom. The monoisotopic (exact) mass is 337 g/mol. The molecular formula is C20H23N3O2. The van der Waals surface area contributed by atoms with Crippen LogP contribution in [0.1, 0.15) is 48.2 Å². The number of amides is 2. The normalized spacial score (nSPS) is 16.0. The molecule has 1 fully saturated rings. The van der Waals surface area contributed by atoms with Crippen LogP contribution in [0.5, 0.6) is 0 Å². The molecule has 2 aromatic rings. The minimum Gasteiger partial charge on any atom is -0.336 e. The highest BCUT2D eigenvalue weighted by atomic mass is 16.2. The first-order chi connectivity index (χ1) is 12.1. The zero-order valence-electron chi connectivity index (χ0n) is 14.4. The van der Waals surface area contributed by atoms with E-state index >= 15 is 0 Å². The molecule has 5 nitrogen and oxygen atoms in total. The summed E-state index contributed by atoms with van der Waals surface area (Å²) in [5.41, 5.74) is 1.23. The van der Waals surface area contributed by atoms with E-state index in [-0.39, 0.29) is 11.8 Å². The number of rotatable bonds is 4. The Kier molecular flexibility index (Phi) is 5.12. The maximum Gasteiger partial charge on any atom is 0.270 e. The third kappa shape index (κ3) is 3.87. The Balaban J connectivity index is 1.82. The Morgan fingerprint density at radius 2 is 1.72 bits per heavy atom. The Hall–Kier alpha value is -2.69. The molecule has 0 unspecified atom stereocenters. The van der Waals surface area contributed by atoms with E-state index in [4.69, 9.17) is 0 Å². The van der Waals surface area contributed by atoms with Crippen LogP contribution in [0.4, 0.5) is 5.69 Å². The molecule has 1 saturated carbocycles. The van der Waals surface area contributed by atoms with Gasteiger partial charge >= 0.3 is 0 Å². The maximum absolute atomic E-state index is 13.1. The molecule has 0 saturated heterocycles. The number of aromatic nitrogens is 1. The average Bonchev–Trinajstić information content (AvgIpc) is 2.65. The molecule has 130 valence electrons. The highest BCUT2D eigenvalue weighted by molar-refractivity contribution is 6.03. The number of anilines is 1.